The highest BCUT2D eigenvalue weighted by molar-refractivity contribution is 5.65. The van der Waals surface area contributed by atoms with E-state index in [1.807, 2.05) is 30.3 Å². The number of carbonyl (C=O) groups excluding carboxylic acids is 1. The zero-order valence-electron chi connectivity index (χ0n) is 9.13. The number of hydrogen-bond donors (Lipinski definition) is 1. The summed E-state index contributed by atoms with van der Waals surface area (Å²) in [6.07, 6.45) is 0.256. The molecule has 0 bridgehead atoms. The van der Waals surface area contributed by atoms with E-state index in [4.69, 9.17) is 10.5 Å². The maximum absolute atomic E-state index is 10.9. The van der Waals surface area contributed by atoms with Gasteiger partial charge in [-0.05, 0) is 25.1 Å². The molecule has 1 aromatic rings. The van der Waals surface area contributed by atoms with E-state index in [1.165, 1.54) is 6.42 Å². The van der Waals surface area contributed by atoms with Crippen LogP contribution in [0.2, 0.25) is 0 Å². The third kappa shape index (κ3) is 2.73. The van der Waals surface area contributed by atoms with Crippen LogP contribution in [-0.2, 0) is 4.74 Å². The molecule has 1 amide bonds. The van der Waals surface area contributed by atoms with Crippen molar-refractivity contribution in [1.29, 1.82) is 0 Å². The second kappa shape index (κ2) is 4.99. The van der Waals surface area contributed by atoms with Crippen molar-refractivity contribution in [2.45, 2.75) is 12.5 Å². The Hall–Kier alpha value is -1.55. The zero-order valence-corrected chi connectivity index (χ0v) is 9.13. The minimum Gasteiger partial charge on any atom is -0.440 e. The van der Waals surface area contributed by atoms with Crippen molar-refractivity contribution in [3.05, 3.63) is 35.9 Å². The molecule has 0 aromatic heterocycles. The van der Waals surface area contributed by atoms with Gasteiger partial charge in [0, 0.05) is 6.54 Å². The van der Waals surface area contributed by atoms with Gasteiger partial charge in [0.2, 0.25) is 0 Å². The summed E-state index contributed by atoms with van der Waals surface area (Å²) < 4.78 is 5.14. The van der Waals surface area contributed by atoms with Gasteiger partial charge in [0.05, 0.1) is 0 Å². The fraction of sp³-hybridized carbons (Fsp3) is 0.417. The molecule has 0 aliphatic carbocycles. The molecule has 1 aliphatic heterocycles. The van der Waals surface area contributed by atoms with Crippen molar-refractivity contribution < 1.29 is 9.53 Å². The normalized spacial score (nSPS) is 17.5. The summed E-state index contributed by atoms with van der Waals surface area (Å²) in [4.78, 5) is 13.1. The molecule has 86 valence electrons. The molecule has 0 radical (unpaired) electrons. The maximum atomic E-state index is 10.9. The molecule has 0 unspecified atom stereocenters. The van der Waals surface area contributed by atoms with Gasteiger partial charge >= 0.3 is 6.09 Å². The smallest absolute Gasteiger partial charge is 0.405 e. The van der Waals surface area contributed by atoms with Crippen LogP contribution in [0.15, 0.2) is 30.3 Å². The van der Waals surface area contributed by atoms with Crippen LogP contribution >= 0.6 is 0 Å². The van der Waals surface area contributed by atoms with E-state index in [9.17, 15) is 4.79 Å². The molecule has 16 heavy (non-hydrogen) atoms. The molecular formula is C12H16N2O2. The van der Waals surface area contributed by atoms with Crippen LogP contribution in [0, 0.1) is 0 Å². The fourth-order valence-corrected chi connectivity index (χ4v) is 1.82. The van der Waals surface area contributed by atoms with Gasteiger partial charge in [0.1, 0.15) is 6.10 Å². The monoisotopic (exact) mass is 220 g/mol. The van der Waals surface area contributed by atoms with Crippen LogP contribution in [0.5, 0.6) is 0 Å². The Morgan fingerprint density at radius 1 is 1.38 bits per heavy atom. The second-order valence-electron chi connectivity index (χ2n) is 3.99. The van der Waals surface area contributed by atoms with Crippen molar-refractivity contribution in [1.82, 2.24) is 4.90 Å². The minimum absolute atomic E-state index is 0.251. The van der Waals surface area contributed by atoms with Gasteiger partial charge in [-0.3, -0.25) is 4.90 Å². The Kier molecular flexibility index (Phi) is 3.41. The van der Waals surface area contributed by atoms with E-state index in [-0.39, 0.29) is 6.10 Å². The minimum atomic E-state index is -0.714. The third-order valence-electron chi connectivity index (χ3n) is 2.80. The lowest BCUT2D eigenvalue weighted by molar-refractivity contribution is 0.0559. The summed E-state index contributed by atoms with van der Waals surface area (Å²) in [6.45, 7) is 2.88. The topological polar surface area (TPSA) is 55.6 Å². The first kappa shape index (κ1) is 11.0. The molecule has 2 N–H and O–H groups in total. The van der Waals surface area contributed by atoms with Gasteiger partial charge < -0.3 is 10.5 Å². The predicted molar refractivity (Wildman–Crippen MR) is 60.9 cm³/mol. The second-order valence-corrected chi connectivity index (χ2v) is 3.99. The van der Waals surface area contributed by atoms with Crippen LogP contribution in [0.1, 0.15) is 18.1 Å². The predicted octanol–water partition coefficient (Wildman–Crippen LogP) is 1.53. The molecule has 1 fully saturated rings. The number of ether oxygens (including phenoxy) is 1. The maximum Gasteiger partial charge on any atom is 0.405 e. The van der Waals surface area contributed by atoms with E-state index >= 15 is 0 Å². The number of rotatable bonds is 4. The van der Waals surface area contributed by atoms with E-state index in [1.54, 1.807) is 0 Å². The first-order valence-corrected chi connectivity index (χ1v) is 5.49. The Morgan fingerprint density at radius 2 is 2.06 bits per heavy atom. The number of nitrogens with two attached hydrogens (primary N) is 1. The molecule has 1 heterocycles. The fourth-order valence-electron chi connectivity index (χ4n) is 1.82. The summed E-state index contributed by atoms with van der Waals surface area (Å²) in [5.74, 6) is 0. The molecular weight excluding hydrogens is 204 g/mol. The molecule has 4 nitrogen and oxygen atoms in total. The molecule has 1 atom stereocenters. The van der Waals surface area contributed by atoms with E-state index in [0.717, 1.165) is 25.2 Å². The highest BCUT2D eigenvalue weighted by atomic mass is 16.6. The van der Waals surface area contributed by atoms with Crippen LogP contribution in [0.25, 0.3) is 0 Å². The first-order valence-electron chi connectivity index (χ1n) is 5.49. The van der Waals surface area contributed by atoms with Crippen LogP contribution < -0.4 is 5.73 Å². The molecule has 2 rings (SSSR count). The van der Waals surface area contributed by atoms with Crippen LogP contribution in [0.3, 0.4) is 0 Å². The van der Waals surface area contributed by atoms with Crippen molar-refractivity contribution >= 4 is 6.09 Å². The highest BCUT2D eigenvalue weighted by Crippen LogP contribution is 2.20. The number of amides is 1. The number of likely N-dealkylation sites (tertiary alicyclic amines) is 1. The summed E-state index contributed by atoms with van der Waals surface area (Å²) in [7, 11) is 0. The van der Waals surface area contributed by atoms with Gasteiger partial charge in [-0.15, -0.1) is 0 Å². The summed E-state index contributed by atoms with van der Waals surface area (Å²) in [5.41, 5.74) is 6.08. The molecule has 1 saturated heterocycles. The third-order valence-corrected chi connectivity index (χ3v) is 2.80. The standard InChI is InChI=1S/C12H16N2O2/c13-12(15)16-11(9-14-7-4-8-14)10-5-2-1-3-6-10/h1-3,5-6,11H,4,7-9H2,(H2,13,15)/t11-/m0/s1. The Bertz CT molecular complexity index is 349. The zero-order chi connectivity index (χ0) is 11.4. The number of benzene rings is 1. The Labute approximate surface area is 95.0 Å². The van der Waals surface area contributed by atoms with Crippen molar-refractivity contribution in [2.75, 3.05) is 19.6 Å². The Morgan fingerprint density at radius 3 is 2.56 bits per heavy atom. The Balaban J connectivity index is 2.04. The lowest BCUT2D eigenvalue weighted by Crippen LogP contribution is -2.41. The molecule has 0 saturated carbocycles. The van der Waals surface area contributed by atoms with E-state index in [2.05, 4.69) is 4.90 Å². The summed E-state index contributed by atoms with van der Waals surface area (Å²) in [6, 6.07) is 9.71. The van der Waals surface area contributed by atoms with Gasteiger partial charge in [-0.25, -0.2) is 4.79 Å². The number of hydrogen-bond acceptors (Lipinski definition) is 3. The first-order chi connectivity index (χ1) is 7.75. The number of nitrogens with zero attached hydrogens (tertiary/aromatic N) is 1. The molecule has 1 aliphatic rings. The van der Waals surface area contributed by atoms with Gasteiger partial charge in [0.15, 0.2) is 0 Å². The average Bonchev–Trinajstić information content (AvgIpc) is 2.22. The van der Waals surface area contributed by atoms with E-state index in [0.29, 0.717) is 0 Å². The molecule has 1 aromatic carbocycles. The van der Waals surface area contributed by atoms with Crippen molar-refractivity contribution in [3.63, 3.8) is 0 Å². The summed E-state index contributed by atoms with van der Waals surface area (Å²) >= 11 is 0. The SMILES string of the molecule is NC(=O)O[C@@H](CN1CCC1)c1ccccc1. The largest absolute Gasteiger partial charge is 0.440 e. The number of carbonyl (C=O) groups is 1. The molecule has 0 spiro atoms. The highest BCUT2D eigenvalue weighted by Gasteiger charge is 2.22. The van der Waals surface area contributed by atoms with E-state index < -0.39 is 6.09 Å². The molecule has 4 heteroatoms. The average molecular weight is 220 g/mol. The number of primary amides is 1. The summed E-state index contributed by atoms with van der Waals surface area (Å²) in [5, 5.41) is 0. The lowest BCUT2D eigenvalue weighted by atomic mass is 10.1. The van der Waals surface area contributed by atoms with Gasteiger partial charge in [0.25, 0.3) is 0 Å². The quantitative estimate of drug-likeness (QED) is 0.837. The lowest BCUT2D eigenvalue weighted by Gasteiger charge is -2.33. The van der Waals surface area contributed by atoms with Gasteiger partial charge in [-0.2, -0.15) is 0 Å². The van der Waals surface area contributed by atoms with Crippen molar-refractivity contribution in [3.8, 4) is 0 Å². The van der Waals surface area contributed by atoms with Gasteiger partial charge in [-0.1, -0.05) is 30.3 Å². The van der Waals surface area contributed by atoms with Crippen LogP contribution in [-0.4, -0.2) is 30.6 Å². The van der Waals surface area contributed by atoms with Crippen molar-refractivity contribution in [2.24, 2.45) is 5.73 Å². The van der Waals surface area contributed by atoms with Crippen LogP contribution in [0.4, 0.5) is 4.79 Å².